The maximum atomic E-state index is 13.4. The summed E-state index contributed by atoms with van der Waals surface area (Å²) in [6.07, 6.45) is -4.75. The zero-order valence-corrected chi connectivity index (χ0v) is 22.1. The number of sulfone groups is 1. The average molecular weight is 587 g/mol. The Kier molecular flexibility index (Phi) is 7.69. The molecule has 40 heavy (non-hydrogen) atoms. The fraction of sp³-hybridized carbons (Fsp3) is 0.385. The molecule has 3 aromatic rings. The van der Waals surface area contributed by atoms with Gasteiger partial charge in [-0.05, 0) is 56.9 Å². The highest BCUT2D eigenvalue weighted by Crippen LogP contribution is 2.40. The van der Waals surface area contributed by atoms with Crippen molar-refractivity contribution in [2.24, 2.45) is 5.92 Å². The Bertz CT molecular complexity index is 1500. The van der Waals surface area contributed by atoms with Crippen molar-refractivity contribution in [1.29, 1.82) is 0 Å². The molecule has 4 rings (SSSR count). The Labute approximate surface area is 226 Å². The third-order valence-electron chi connectivity index (χ3n) is 7.22. The molecule has 1 aliphatic rings. The summed E-state index contributed by atoms with van der Waals surface area (Å²) in [6.45, 7) is 3.02. The maximum Gasteiger partial charge on any atom is 0.417 e. The number of piperidine rings is 1. The van der Waals surface area contributed by atoms with Gasteiger partial charge in [0.25, 0.3) is 5.91 Å². The number of carbonyl (C=O) groups excluding carboxylic acids is 1. The van der Waals surface area contributed by atoms with E-state index < -0.39 is 54.8 Å². The molecule has 214 valence electrons. The molecule has 1 amide bonds. The number of amides is 1. The lowest BCUT2D eigenvalue weighted by Crippen LogP contribution is -2.47. The van der Waals surface area contributed by atoms with Crippen LogP contribution in [0.3, 0.4) is 0 Å². The molecule has 7 nitrogen and oxygen atoms in total. The molecule has 0 radical (unpaired) electrons. The zero-order chi connectivity index (χ0) is 29.5. The Hall–Kier alpha value is -3.55. The molecule has 0 spiro atoms. The van der Waals surface area contributed by atoms with Crippen LogP contribution in [0.5, 0.6) is 0 Å². The maximum absolute atomic E-state index is 13.4. The summed E-state index contributed by atoms with van der Waals surface area (Å²) in [4.78, 5) is 25.7. The molecule has 0 atom stereocenters. The summed E-state index contributed by atoms with van der Waals surface area (Å²) < 4.78 is 105. The van der Waals surface area contributed by atoms with Crippen molar-refractivity contribution in [2.75, 3.05) is 13.1 Å². The number of halogens is 6. The van der Waals surface area contributed by atoms with E-state index in [9.17, 15) is 39.6 Å². The summed E-state index contributed by atoms with van der Waals surface area (Å²) >= 11 is 0. The van der Waals surface area contributed by atoms with E-state index in [1.807, 2.05) is 0 Å². The first-order chi connectivity index (χ1) is 18.5. The minimum Gasteiger partial charge on any atom is -0.337 e. The van der Waals surface area contributed by atoms with Gasteiger partial charge in [0.15, 0.2) is 9.84 Å². The van der Waals surface area contributed by atoms with E-state index in [1.165, 1.54) is 37.5 Å². The van der Waals surface area contributed by atoms with Crippen molar-refractivity contribution >= 4 is 15.7 Å². The number of hydrogen-bond acceptors (Lipinski definition) is 6. The van der Waals surface area contributed by atoms with Gasteiger partial charge in [-0.15, -0.1) is 0 Å². The van der Waals surface area contributed by atoms with E-state index in [-0.39, 0.29) is 42.8 Å². The first-order valence-electron chi connectivity index (χ1n) is 12.1. The van der Waals surface area contributed by atoms with Crippen LogP contribution in [0.15, 0.2) is 60.1 Å². The first kappa shape index (κ1) is 29.4. The lowest BCUT2D eigenvalue weighted by Gasteiger charge is -2.40. The number of benzene rings is 1. The fourth-order valence-electron chi connectivity index (χ4n) is 4.74. The highest BCUT2D eigenvalue weighted by molar-refractivity contribution is 7.92. The van der Waals surface area contributed by atoms with Gasteiger partial charge in [-0.25, -0.2) is 23.4 Å². The van der Waals surface area contributed by atoms with Crippen LogP contribution in [0.1, 0.15) is 48.3 Å². The van der Waals surface area contributed by atoms with Gasteiger partial charge in [-0.1, -0.05) is 6.07 Å². The molecular weight excluding hydrogens is 562 g/mol. The van der Waals surface area contributed by atoms with Crippen molar-refractivity contribution in [3.63, 3.8) is 0 Å². The summed E-state index contributed by atoms with van der Waals surface area (Å²) in [6, 6.07) is 4.37. The van der Waals surface area contributed by atoms with Gasteiger partial charge in [-0.2, -0.15) is 26.3 Å². The molecule has 0 bridgehead atoms. The number of carbonyl (C=O) groups is 1. The molecule has 0 aliphatic carbocycles. The van der Waals surface area contributed by atoms with Crippen LogP contribution < -0.4 is 0 Å². The average Bonchev–Trinajstić information content (AvgIpc) is 2.92. The molecular formula is C26H24F6N4O3S. The first-order valence-corrected chi connectivity index (χ1v) is 13.6. The van der Waals surface area contributed by atoms with Crippen LogP contribution in [0.25, 0.3) is 11.1 Å². The summed E-state index contributed by atoms with van der Waals surface area (Å²) in [7, 11) is -4.21. The number of likely N-dealkylation sites (tertiary alicyclic amines) is 1. The highest BCUT2D eigenvalue weighted by atomic mass is 32.2. The zero-order valence-electron chi connectivity index (χ0n) is 21.3. The molecule has 0 saturated carbocycles. The number of nitrogens with zero attached hydrogens (tertiary/aromatic N) is 4. The molecule has 2 aromatic heterocycles. The van der Waals surface area contributed by atoms with Crippen molar-refractivity contribution in [1.82, 2.24) is 19.9 Å². The van der Waals surface area contributed by atoms with E-state index in [2.05, 4.69) is 15.0 Å². The van der Waals surface area contributed by atoms with E-state index in [0.29, 0.717) is 12.3 Å². The van der Waals surface area contributed by atoms with Gasteiger partial charge < -0.3 is 4.90 Å². The van der Waals surface area contributed by atoms with Gasteiger partial charge in [0.1, 0.15) is 12.0 Å². The van der Waals surface area contributed by atoms with Crippen LogP contribution in [0.4, 0.5) is 26.3 Å². The quantitative estimate of drug-likeness (QED) is 0.357. The van der Waals surface area contributed by atoms with Crippen LogP contribution in [-0.4, -0.2) is 52.0 Å². The Morgan fingerprint density at radius 2 is 1.50 bits per heavy atom. The summed E-state index contributed by atoms with van der Waals surface area (Å²) in [5.74, 6) is -1.16. The molecule has 0 unspecified atom stereocenters. The van der Waals surface area contributed by atoms with Crippen molar-refractivity contribution in [3.8, 4) is 11.1 Å². The third kappa shape index (κ3) is 5.67. The molecule has 1 aliphatic heterocycles. The number of rotatable bonds is 5. The molecule has 0 N–H and O–H groups in total. The number of pyridine rings is 1. The van der Waals surface area contributed by atoms with Crippen molar-refractivity contribution < 1.29 is 39.6 Å². The predicted octanol–water partition coefficient (Wildman–Crippen LogP) is 5.68. The largest absolute Gasteiger partial charge is 0.417 e. The monoisotopic (exact) mass is 586 g/mol. The van der Waals surface area contributed by atoms with Crippen LogP contribution in [0, 0.1) is 5.92 Å². The highest BCUT2D eigenvalue weighted by Gasteiger charge is 2.45. The van der Waals surface area contributed by atoms with E-state index in [1.54, 1.807) is 0 Å². The second-order valence-corrected chi connectivity index (χ2v) is 12.5. The predicted molar refractivity (Wildman–Crippen MR) is 132 cm³/mol. The number of aromatic nitrogens is 3. The second-order valence-electron chi connectivity index (χ2n) is 9.94. The molecule has 1 saturated heterocycles. The third-order valence-corrected chi connectivity index (χ3v) is 9.81. The number of alkyl halides is 6. The molecule has 3 heterocycles. The number of hydrogen-bond donors (Lipinski definition) is 0. The van der Waals surface area contributed by atoms with Gasteiger partial charge in [0, 0.05) is 42.8 Å². The van der Waals surface area contributed by atoms with E-state index in [4.69, 9.17) is 0 Å². The van der Waals surface area contributed by atoms with Gasteiger partial charge >= 0.3 is 12.4 Å². The van der Waals surface area contributed by atoms with Crippen LogP contribution >= 0.6 is 0 Å². The topological polar surface area (TPSA) is 93.1 Å². The smallest absolute Gasteiger partial charge is 0.337 e. The Balaban J connectivity index is 1.56. The lowest BCUT2D eigenvalue weighted by atomic mass is 9.85. The molecule has 14 heteroatoms. The minimum atomic E-state index is -4.71. The minimum absolute atomic E-state index is 0.0679. The Morgan fingerprint density at radius 1 is 0.900 bits per heavy atom. The normalized spacial score (nSPS) is 15.8. The van der Waals surface area contributed by atoms with E-state index in [0.717, 1.165) is 24.3 Å². The van der Waals surface area contributed by atoms with Crippen LogP contribution in [-0.2, 0) is 22.2 Å². The fourth-order valence-corrected chi connectivity index (χ4v) is 6.56. The Morgan fingerprint density at radius 3 is 2.08 bits per heavy atom. The molecule has 1 aromatic carbocycles. The molecule has 1 fully saturated rings. The SMILES string of the molecule is CC(C)(C1CCN(C(=O)c2ncc(C(F)(F)F)cc2-c2cncnc2)CC1)S(=O)(=O)c1cccc(C(F)(F)F)c1. The van der Waals surface area contributed by atoms with Crippen molar-refractivity contribution in [3.05, 3.63) is 72.1 Å². The van der Waals surface area contributed by atoms with Crippen LogP contribution in [0.2, 0.25) is 0 Å². The van der Waals surface area contributed by atoms with Gasteiger partial charge in [-0.3, -0.25) is 4.79 Å². The van der Waals surface area contributed by atoms with Gasteiger partial charge in [0.2, 0.25) is 0 Å². The standard InChI is InChI=1S/C26H24F6N4O3S/c1-24(2,40(38,39)20-5-3-4-18(10-20)25(27,28)29)17-6-8-36(9-7-17)23(37)22-21(16-12-33-15-34-13-16)11-19(14-35-22)26(30,31)32/h3-5,10-15,17H,6-9H2,1-2H3. The van der Waals surface area contributed by atoms with Gasteiger partial charge in [0.05, 0.1) is 20.8 Å². The van der Waals surface area contributed by atoms with E-state index >= 15 is 0 Å². The summed E-state index contributed by atoms with van der Waals surface area (Å²) in [5.41, 5.74) is -2.31. The second kappa shape index (κ2) is 10.5. The van der Waals surface area contributed by atoms with Crippen molar-refractivity contribution in [2.45, 2.75) is 48.7 Å². The summed E-state index contributed by atoms with van der Waals surface area (Å²) in [5, 5.41) is 0. The lowest BCUT2D eigenvalue weighted by molar-refractivity contribution is -0.138.